The minimum atomic E-state index is -0.824. The van der Waals surface area contributed by atoms with Gasteiger partial charge in [0.1, 0.15) is 24.7 Å². The lowest BCUT2D eigenvalue weighted by Gasteiger charge is -2.23. The highest BCUT2D eigenvalue weighted by Crippen LogP contribution is 2.29. The molecule has 7 heteroatoms. The van der Waals surface area contributed by atoms with Crippen LogP contribution in [-0.4, -0.2) is 29.2 Å². The Kier molecular flexibility index (Phi) is 4.73. The van der Waals surface area contributed by atoms with Gasteiger partial charge in [-0.2, -0.15) is 0 Å². The molecule has 1 aromatic carbocycles. The van der Waals surface area contributed by atoms with E-state index in [9.17, 15) is 4.79 Å². The lowest BCUT2D eigenvalue weighted by molar-refractivity contribution is -0.143. The highest BCUT2D eigenvalue weighted by atomic mass is 16.5. The molecule has 0 spiro atoms. The molecule has 0 saturated carbocycles. The minimum Gasteiger partial charge on any atom is -0.492 e. The zero-order chi connectivity index (χ0) is 17.9. The number of aliphatic carboxylic acids is 1. The molecule has 1 aromatic heterocycles. The second-order valence-corrected chi connectivity index (χ2v) is 6.61. The normalized spacial score (nSPS) is 21.7. The number of benzene rings is 1. The van der Waals surface area contributed by atoms with Crippen molar-refractivity contribution in [3.63, 3.8) is 0 Å². The molecule has 1 fully saturated rings. The molecule has 4 rings (SSSR count). The lowest BCUT2D eigenvalue weighted by atomic mass is 9.95. The Hall–Kier alpha value is -2.64. The Bertz CT molecular complexity index is 788. The molecule has 2 atom stereocenters. The van der Waals surface area contributed by atoms with Crippen molar-refractivity contribution in [1.29, 1.82) is 0 Å². The monoisotopic (exact) mass is 355 g/mol. The van der Waals surface area contributed by atoms with Gasteiger partial charge in [-0.25, -0.2) is 5.43 Å². The molecule has 26 heavy (non-hydrogen) atoms. The van der Waals surface area contributed by atoms with E-state index in [4.69, 9.17) is 14.6 Å². The average molecular weight is 355 g/mol. The molecule has 2 aliphatic heterocycles. The van der Waals surface area contributed by atoms with Crippen LogP contribution in [-0.2, 0) is 17.8 Å². The molecule has 2 aliphatic rings. The Morgan fingerprint density at radius 1 is 1.35 bits per heavy atom. The summed E-state index contributed by atoms with van der Waals surface area (Å²) in [6.07, 6.45) is 3.23. The second kappa shape index (κ2) is 7.31. The highest BCUT2D eigenvalue weighted by Gasteiger charge is 2.25. The van der Waals surface area contributed by atoms with E-state index in [2.05, 4.69) is 15.8 Å². The van der Waals surface area contributed by atoms with Gasteiger partial charge in [-0.1, -0.05) is 6.07 Å². The number of carboxylic acids is 1. The highest BCUT2D eigenvalue weighted by molar-refractivity contribution is 5.71. The summed E-state index contributed by atoms with van der Waals surface area (Å²) in [6.45, 7) is 1.56. The number of hydrazine groups is 1. The summed E-state index contributed by atoms with van der Waals surface area (Å²) in [6, 6.07) is 9.91. The number of rotatable bonds is 5. The Labute approximate surface area is 151 Å². The van der Waals surface area contributed by atoms with Crippen LogP contribution in [0.4, 0.5) is 0 Å². The fourth-order valence-electron chi connectivity index (χ4n) is 3.25. The van der Waals surface area contributed by atoms with Gasteiger partial charge in [0.25, 0.3) is 0 Å². The fraction of sp³-hybridized carbons (Fsp3) is 0.368. The van der Waals surface area contributed by atoms with Crippen LogP contribution in [0.1, 0.15) is 29.3 Å². The van der Waals surface area contributed by atoms with Crippen molar-refractivity contribution in [3.8, 4) is 11.5 Å². The number of hydrogen-bond acceptors (Lipinski definition) is 6. The molecule has 1 saturated heterocycles. The van der Waals surface area contributed by atoms with Crippen LogP contribution in [0.2, 0.25) is 0 Å². The number of ether oxygens (including phenoxy) is 2. The van der Waals surface area contributed by atoms with Gasteiger partial charge in [-0.3, -0.25) is 15.2 Å². The number of aromatic nitrogens is 1. The summed E-state index contributed by atoms with van der Waals surface area (Å²) in [5.74, 6) is 0.150. The molecular weight excluding hydrogens is 334 g/mol. The van der Waals surface area contributed by atoms with Gasteiger partial charge < -0.3 is 14.6 Å². The van der Waals surface area contributed by atoms with Crippen molar-refractivity contribution in [2.45, 2.75) is 25.5 Å². The third-order valence-corrected chi connectivity index (χ3v) is 4.74. The first-order valence-corrected chi connectivity index (χ1v) is 8.73. The second-order valence-electron chi connectivity index (χ2n) is 6.61. The van der Waals surface area contributed by atoms with Crippen molar-refractivity contribution in [2.75, 3.05) is 13.2 Å². The summed E-state index contributed by atoms with van der Waals surface area (Å²) in [7, 11) is 0. The molecule has 3 heterocycles. The van der Waals surface area contributed by atoms with Crippen LogP contribution >= 0.6 is 0 Å². The number of carbonyl (C=O) groups is 1. The van der Waals surface area contributed by atoms with Crippen molar-refractivity contribution in [1.82, 2.24) is 15.8 Å². The number of nitrogens with one attached hydrogen (secondary N) is 2. The van der Waals surface area contributed by atoms with Crippen LogP contribution in [0.25, 0.3) is 0 Å². The van der Waals surface area contributed by atoms with E-state index >= 15 is 0 Å². The maximum Gasteiger partial charge on any atom is 0.310 e. The van der Waals surface area contributed by atoms with Crippen molar-refractivity contribution < 1.29 is 19.4 Å². The van der Waals surface area contributed by atoms with Crippen LogP contribution in [0.3, 0.4) is 0 Å². The topological polar surface area (TPSA) is 92.7 Å². The molecule has 0 amide bonds. The number of nitrogens with zero attached hydrogens (tertiary/aromatic N) is 1. The summed E-state index contributed by atoms with van der Waals surface area (Å²) in [5.41, 5.74) is 9.17. The molecule has 136 valence electrons. The Balaban J connectivity index is 1.39. The van der Waals surface area contributed by atoms with Gasteiger partial charge in [-0.15, -0.1) is 0 Å². The molecule has 7 nitrogen and oxygen atoms in total. The van der Waals surface area contributed by atoms with Crippen LogP contribution in [0.5, 0.6) is 11.5 Å². The smallest absolute Gasteiger partial charge is 0.310 e. The average Bonchev–Trinajstić information content (AvgIpc) is 3.21. The molecule has 0 aliphatic carbocycles. The minimum absolute atomic E-state index is 0.224. The van der Waals surface area contributed by atoms with E-state index in [1.165, 1.54) is 0 Å². The number of carboxylic acid groups (broad SMARTS) is 1. The van der Waals surface area contributed by atoms with Gasteiger partial charge >= 0.3 is 5.97 Å². The van der Waals surface area contributed by atoms with Gasteiger partial charge in [0, 0.05) is 6.54 Å². The third-order valence-electron chi connectivity index (χ3n) is 4.74. The summed E-state index contributed by atoms with van der Waals surface area (Å²) in [4.78, 5) is 15.6. The Morgan fingerprint density at radius 3 is 3.00 bits per heavy atom. The standard InChI is InChI=1S/C19H21N3O4/c23-19(24)14-8-13-7-12(1-4-18(13)26-11-14)10-25-15-2-3-16(20-9-15)17-5-6-21-22-17/h1-4,7,9,14,17,21-22H,5-6,8,10-11H2,(H,23,24)/t14-,17?/m0/s1. The first-order chi connectivity index (χ1) is 12.7. The van der Waals surface area contributed by atoms with Crippen LogP contribution in [0, 0.1) is 5.92 Å². The summed E-state index contributed by atoms with van der Waals surface area (Å²) in [5, 5.41) is 9.17. The van der Waals surface area contributed by atoms with Gasteiger partial charge in [0.05, 0.1) is 23.9 Å². The summed E-state index contributed by atoms with van der Waals surface area (Å²) >= 11 is 0. The Morgan fingerprint density at radius 2 is 2.27 bits per heavy atom. The number of pyridine rings is 1. The van der Waals surface area contributed by atoms with Crippen molar-refractivity contribution in [3.05, 3.63) is 53.3 Å². The molecular formula is C19H21N3O4. The predicted molar refractivity (Wildman–Crippen MR) is 93.8 cm³/mol. The maximum absolute atomic E-state index is 11.2. The molecule has 0 bridgehead atoms. The number of hydrogen-bond donors (Lipinski definition) is 3. The van der Waals surface area contributed by atoms with Crippen LogP contribution < -0.4 is 20.3 Å². The largest absolute Gasteiger partial charge is 0.492 e. The van der Waals surface area contributed by atoms with E-state index in [1.54, 1.807) is 6.20 Å². The maximum atomic E-state index is 11.2. The van der Waals surface area contributed by atoms with E-state index in [-0.39, 0.29) is 12.6 Å². The van der Waals surface area contributed by atoms with E-state index in [0.717, 1.165) is 35.5 Å². The molecule has 1 unspecified atom stereocenters. The van der Waals surface area contributed by atoms with E-state index < -0.39 is 11.9 Å². The molecule has 0 radical (unpaired) electrons. The first-order valence-electron chi connectivity index (χ1n) is 8.73. The zero-order valence-electron chi connectivity index (χ0n) is 14.3. The molecule has 3 N–H and O–H groups in total. The number of fused-ring (bicyclic) bond motifs is 1. The van der Waals surface area contributed by atoms with Crippen LogP contribution in [0.15, 0.2) is 36.5 Å². The van der Waals surface area contributed by atoms with E-state index in [1.807, 2.05) is 30.3 Å². The van der Waals surface area contributed by atoms with Gasteiger partial charge in [-0.05, 0) is 48.2 Å². The summed E-state index contributed by atoms with van der Waals surface area (Å²) < 4.78 is 11.4. The van der Waals surface area contributed by atoms with Crippen molar-refractivity contribution in [2.24, 2.45) is 5.92 Å². The quantitative estimate of drug-likeness (QED) is 0.753. The van der Waals surface area contributed by atoms with E-state index in [0.29, 0.717) is 18.8 Å². The van der Waals surface area contributed by atoms with Crippen molar-refractivity contribution >= 4 is 5.97 Å². The lowest BCUT2D eigenvalue weighted by Crippen LogP contribution is -2.27. The zero-order valence-corrected chi connectivity index (χ0v) is 14.3. The third kappa shape index (κ3) is 3.63. The SMILES string of the molecule is O=C(O)[C@@H]1COc2ccc(COc3ccc(C4CCNN4)nc3)cc2C1. The predicted octanol–water partition coefficient (Wildman–Crippen LogP) is 1.84. The fourth-order valence-corrected chi connectivity index (χ4v) is 3.25. The molecule has 2 aromatic rings. The van der Waals surface area contributed by atoms with Gasteiger partial charge in [0.15, 0.2) is 0 Å². The van der Waals surface area contributed by atoms with Gasteiger partial charge in [0.2, 0.25) is 0 Å². The first kappa shape index (κ1) is 16.8.